The van der Waals surface area contributed by atoms with E-state index in [1.165, 1.54) is 11.0 Å². The first-order valence-electron chi connectivity index (χ1n) is 7.13. The standard InChI is InChI=1S/C14H18N6O2/c1-10-6-19(7-14(10,2)8-21)13(22)12-4-3-11(5-15-12)20-9-16-17-18-20/h3-5,9-10,21H,6-8H2,1-2H3. The first kappa shape index (κ1) is 14.6. The molecule has 1 aliphatic rings. The van der Waals surface area contributed by atoms with Crippen LogP contribution < -0.4 is 0 Å². The van der Waals surface area contributed by atoms with E-state index >= 15 is 0 Å². The molecule has 1 saturated heterocycles. The third kappa shape index (κ3) is 2.45. The van der Waals surface area contributed by atoms with Gasteiger partial charge in [-0.05, 0) is 28.5 Å². The molecule has 1 amide bonds. The van der Waals surface area contributed by atoms with Crippen molar-refractivity contribution in [3.8, 4) is 5.69 Å². The molecule has 0 bridgehead atoms. The molecule has 1 aliphatic heterocycles. The molecule has 1 fully saturated rings. The van der Waals surface area contributed by atoms with Crippen LogP contribution in [0.25, 0.3) is 5.69 Å². The van der Waals surface area contributed by atoms with Gasteiger partial charge in [0.05, 0.1) is 18.5 Å². The van der Waals surface area contributed by atoms with E-state index in [1.807, 2.05) is 6.92 Å². The van der Waals surface area contributed by atoms with Crippen LogP contribution in [0.2, 0.25) is 0 Å². The van der Waals surface area contributed by atoms with Crippen molar-refractivity contribution in [3.05, 3.63) is 30.4 Å². The Hall–Kier alpha value is -2.35. The van der Waals surface area contributed by atoms with Crippen LogP contribution in [0.15, 0.2) is 24.7 Å². The SMILES string of the molecule is CC1CN(C(=O)c2ccc(-n3cnnn3)cn2)CC1(C)CO. The van der Waals surface area contributed by atoms with Crippen molar-refractivity contribution in [2.24, 2.45) is 11.3 Å². The lowest BCUT2D eigenvalue weighted by Gasteiger charge is -2.25. The highest BCUT2D eigenvalue weighted by Crippen LogP contribution is 2.35. The van der Waals surface area contributed by atoms with Gasteiger partial charge in [-0.1, -0.05) is 13.8 Å². The molecule has 3 rings (SSSR count). The summed E-state index contributed by atoms with van der Waals surface area (Å²) in [6.45, 7) is 5.30. The summed E-state index contributed by atoms with van der Waals surface area (Å²) in [5.74, 6) is 0.134. The van der Waals surface area contributed by atoms with E-state index in [-0.39, 0.29) is 23.8 Å². The summed E-state index contributed by atoms with van der Waals surface area (Å²) in [6.07, 6.45) is 3.03. The smallest absolute Gasteiger partial charge is 0.272 e. The zero-order chi connectivity index (χ0) is 15.7. The molecular weight excluding hydrogens is 284 g/mol. The van der Waals surface area contributed by atoms with Gasteiger partial charge in [0, 0.05) is 18.5 Å². The maximum absolute atomic E-state index is 12.5. The summed E-state index contributed by atoms with van der Waals surface area (Å²) in [6, 6.07) is 3.42. The van der Waals surface area contributed by atoms with E-state index in [9.17, 15) is 9.90 Å². The monoisotopic (exact) mass is 302 g/mol. The maximum atomic E-state index is 12.5. The number of carbonyl (C=O) groups excluding carboxylic acids is 1. The summed E-state index contributed by atoms with van der Waals surface area (Å²) in [5.41, 5.74) is 0.824. The lowest BCUT2D eigenvalue weighted by molar-refractivity contribution is 0.0743. The molecule has 0 aromatic carbocycles. The fourth-order valence-electron chi connectivity index (χ4n) is 2.66. The fourth-order valence-corrected chi connectivity index (χ4v) is 2.66. The second kappa shape index (κ2) is 5.45. The third-order valence-corrected chi connectivity index (χ3v) is 4.46. The molecule has 22 heavy (non-hydrogen) atoms. The van der Waals surface area contributed by atoms with Gasteiger partial charge in [0.15, 0.2) is 0 Å². The molecule has 1 N–H and O–H groups in total. The van der Waals surface area contributed by atoms with Crippen LogP contribution in [-0.4, -0.2) is 60.8 Å². The van der Waals surface area contributed by atoms with Crippen LogP contribution >= 0.6 is 0 Å². The zero-order valence-corrected chi connectivity index (χ0v) is 12.5. The average Bonchev–Trinajstić information content (AvgIpc) is 3.16. The minimum atomic E-state index is -0.248. The molecule has 3 heterocycles. The van der Waals surface area contributed by atoms with Crippen molar-refractivity contribution in [1.29, 1.82) is 0 Å². The third-order valence-electron chi connectivity index (χ3n) is 4.46. The molecule has 116 valence electrons. The van der Waals surface area contributed by atoms with Crippen molar-refractivity contribution in [3.63, 3.8) is 0 Å². The van der Waals surface area contributed by atoms with E-state index in [1.54, 1.807) is 23.2 Å². The molecule has 2 unspecified atom stereocenters. The minimum Gasteiger partial charge on any atom is -0.396 e. The Morgan fingerprint density at radius 3 is 2.86 bits per heavy atom. The second-order valence-electron chi connectivity index (χ2n) is 6.05. The molecule has 0 radical (unpaired) electrons. The highest BCUT2D eigenvalue weighted by Gasteiger charge is 2.42. The number of hydrogen-bond acceptors (Lipinski definition) is 6. The number of nitrogens with zero attached hydrogens (tertiary/aromatic N) is 6. The summed E-state index contributed by atoms with van der Waals surface area (Å²) >= 11 is 0. The van der Waals surface area contributed by atoms with Crippen LogP contribution in [-0.2, 0) is 0 Å². The Morgan fingerprint density at radius 2 is 2.32 bits per heavy atom. The number of pyridine rings is 1. The van der Waals surface area contributed by atoms with Gasteiger partial charge in [0.2, 0.25) is 0 Å². The van der Waals surface area contributed by atoms with Crippen LogP contribution in [0, 0.1) is 11.3 Å². The van der Waals surface area contributed by atoms with Crippen LogP contribution in [0.3, 0.4) is 0 Å². The van der Waals surface area contributed by atoms with E-state index in [0.29, 0.717) is 24.5 Å². The molecule has 0 spiro atoms. The van der Waals surface area contributed by atoms with E-state index in [0.717, 1.165) is 0 Å². The lowest BCUT2D eigenvalue weighted by Crippen LogP contribution is -2.33. The Morgan fingerprint density at radius 1 is 1.50 bits per heavy atom. The molecule has 2 atom stereocenters. The predicted molar refractivity (Wildman–Crippen MR) is 77.2 cm³/mol. The first-order valence-corrected chi connectivity index (χ1v) is 7.13. The zero-order valence-electron chi connectivity index (χ0n) is 12.5. The van der Waals surface area contributed by atoms with E-state index in [4.69, 9.17) is 0 Å². The Labute approximate surface area is 127 Å². The molecular formula is C14H18N6O2. The molecule has 0 saturated carbocycles. The Balaban J connectivity index is 1.76. The highest BCUT2D eigenvalue weighted by atomic mass is 16.3. The van der Waals surface area contributed by atoms with Crippen LogP contribution in [0.5, 0.6) is 0 Å². The van der Waals surface area contributed by atoms with Gasteiger partial charge in [-0.25, -0.2) is 4.98 Å². The van der Waals surface area contributed by atoms with E-state index in [2.05, 4.69) is 27.4 Å². The number of aromatic nitrogens is 5. The topological polar surface area (TPSA) is 97.0 Å². The number of rotatable bonds is 3. The molecule has 8 nitrogen and oxygen atoms in total. The number of likely N-dealkylation sites (tertiary alicyclic amines) is 1. The quantitative estimate of drug-likeness (QED) is 0.866. The minimum absolute atomic E-state index is 0.0730. The van der Waals surface area contributed by atoms with Crippen molar-refractivity contribution >= 4 is 5.91 Å². The van der Waals surface area contributed by atoms with Crippen LogP contribution in [0.4, 0.5) is 0 Å². The number of hydrogen-bond donors (Lipinski definition) is 1. The summed E-state index contributed by atoms with van der Waals surface area (Å²) in [4.78, 5) is 18.5. The van der Waals surface area contributed by atoms with Gasteiger partial charge in [-0.3, -0.25) is 4.79 Å². The van der Waals surface area contributed by atoms with Gasteiger partial charge < -0.3 is 10.0 Å². The van der Waals surface area contributed by atoms with Gasteiger partial charge in [-0.15, -0.1) is 5.10 Å². The number of aliphatic hydroxyl groups excluding tert-OH is 1. The van der Waals surface area contributed by atoms with E-state index < -0.39 is 0 Å². The molecule has 2 aromatic rings. The summed E-state index contributed by atoms with van der Waals surface area (Å²) < 4.78 is 1.47. The summed E-state index contributed by atoms with van der Waals surface area (Å²) in [5, 5.41) is 20.4. The number of amides is 1. The average molecular weight is 302 g/mol. The van der Waals surface area contributed by atoms with Crippen LogP contribution in [0.1, 0.15) is 24.3 Å². The van der Waals surface area contributed by atoms with Crippen molar-refractivity contribution in [2.75, 3.05) is 19.7 Å². The number of carbonyl (C=O) groups is 1. The fraction of sp³-hybridized carbons (Fsp3) is 0.500. The van der Waals surface area contributed by atoms with Crippen molar-refractivity contribution < 1.29 is 9.90 Å². The largest absolute Gasteiger partial charge is 0.396 e. The Bertz CT molecular complexity index is 656. The molecule has 0 aliphatic carbocycles. The molecule has 2 aromatic heterocycles. The predicted octanol–water partition coefficient (Wildman–Crippen LogP) is 0.148. The number of tetrazole rings is 1. The van der Waals surface area contributed by atoms with Crippen molar-refractivity contribution in [2.45, 2.75) is 13.8 Å². The normalized spacial score (nSPS) is 24.7. The van der Waals surface area contributed by atoms with Gasteiger partial charge in [0.25, 0.3) is 5.91 Å². The maximum Gasteiger partial charge on any atom is 0.272 e. The van der Waals surface area contributed by atoms with Crippen molar-refractivity contribution in [1.82, 2.24) is 30.1 Å². The first-order chi connectivity index (χ1) is 10.5. The second-order valence-corrected chi connectivity index (χ2v) is 6.05. The van der Waals surface area contributed by atoms with Gasteiger partial charge >= 0.3 is 0 Å². The summed E-state index contributed by atoms with van der Waals surface area (Å²) in [7, 11) is 0. The molecule has 8 heteroatoms. The Kier molecular flexibility index (Phi) is 3.61. The van der Waals surface area contributed by atoms with Gasteiger partial charge in [0.1, 0.15) is 12.0 Å². The highest BCUT2D eigenvalue weighted by molar-refractivity contribution is 5.92. The van der Waals surface area contributed by atoms with Gasteiger partial charge in [-0.2, -0.15) is 4.68 Å². The lowest BCUT2D eigenvalue weighted by atomic mass is 9.82. The number of aliphatic hydroxyl groups is 1.